The molecule has 1 fully saturated rings. The quantitative estimate of drug-likeness (QED) is 0.637. The average Bonchev–Trinajstić information content (AvgIpc) is 3.37. The molecule has 2 aromatic rings. The Bertz CT molecular complexity index is 883. The molecule has 0 N–H and O–H groups in total. The van der Waals surface area contributed by atoms with Gasteiger partial charge in [0.2, 0.25) is 15.0 Å². The first-order valence-electron chi connectivity index (χ1n) is 9.27. The highest BCUT2D eigenvalue weighted by Gasteiger charge is 2.26. The molecule has 3 heterocycles. The number of rotatable bonds is 8. The molecule has 0 aliphatic carbocycles. The number of nitrogens with zero attached hydrogens (tertiary/aromatic N) is 4. The van der Waals surface area contributed by atoms with E-state index in [-0.39, 0.29) is 16.8 Å². The van der Waals surface area contributed by atoms with E-state index in [0.29, 0.717) is 51.6 Å². The summed E-state index contributed by atoms with van der Waals surface area (Å²) in [5.41, 5.74) is 0.829. The van der Waals surface area contributed by atoms with E-state index in [1.165, 1.54) is 6.26 Å². The van der Waals surface area contributed by atoms with Crippen LogP contribution >= 0.6 is 0 Å². The molecule has 154 valence electrons. The Balaban J connectivity index is 1.67. The number of furan rings is 1. The van der Waals surface area contributed by atoms with Gasteiger partial charge in [-0.15, -0.1) is 0 Å². The zero-order chi connectivity index (χ0) is 20.1. The van der Waals surface area contributed by atoms with Gasteiger partial charge in [-0.2, -0.15) is 0 Å². The van der Waals surface area contributed by atoms with Crippen LogP contribution in [0.4, 0.5) is 0 Å². The van der Waals surface area contributed by atoms with Gasteiger partial charge < -0.3 is 18.6 Å². The van der Waals surface area contributed by atoms with Gasteiger partial charge in [0.1, 0.15) is 0 Å². The molecule has 28 heavy (non-hydrogen) atoms. The number of methoxy groups -OCH3 is 1. The van der Waals surface area contributed by atoms with E-state index < -0.39 is 9.84 Å². The molecule has 0 bridgehead atoms. The van der Waals surface area contributed by atoms with Crippen molar-refractivity contribution in [2.24, 2.45) is 0 Å². The van der Waals surface area contributed by atoms with Gasteiger partial charge >= 0.3 is 0 Å². The summed E-state index contributed by atoms with van der Waals surface area (Å²) in [6.45, 7) is 5.57. The lowest BCUT2D eigenvalue weighted by atomic mass is 10.2. The Morgan fingerprint density at radius 2 is 2.04 bits per heavy atom. The van der Waals surface area contributed by atoms with E-state index in [9.17, 15) is 13.2 Å². The van der Waals surface area contributed by atoms with Gasteiger partial charge in [0.25, 0.3) is 5.91 Å². The molecule has 0 aromatic carbocycles. The fraction of sp³-hybridized carbons (Fsp3) is 0.556. The molecule has 0 saturated carbocycles. The van der Waals surface area contributed by atoms with E-state index in [1.54, 1.807) is 41.8 Å². The molecular formula is C18H26N4O5S. The molecule has 0 radical (unpaired) electrons. The summed E-state index contributed by atoms with van der Waals surface area (Å²) in [6, 6.07) is 3.37. The van der Waals surface area contributed by atoms with Crippen LogP contribution in [0, 0.1) is 0 Å². The van der Waals surface area contributed by atoms with E-state index in [4.69, 9.17) is 9.15 Å². The average molecular weight is 410 g/mol. The van der Waals surface area contributed by atoms with Crippen molar-refractivity contribution < 1.29 is 22.4 Å². The number of ether oxygens (including phenoxy) is 1. The fourth-order valence-electron chi connectivity index (χ4n) is 3.21. The highest BCUT2D eigenvalue weighted by atomic mass is 32.2. The maximum absolute atomic E-state index is 12.4. The van der Waals surface area contributed by atoms with Crippen molar-refractivity contribution in [2.45, 2.75) is 25.2 Å². The first-order chi connectivity index (χ1) is 13.5. The van der Waals surface area contributed by atoms with Gasteiger partial charge in [-0.05, 0) is 12.1 Å². The van der Waals surface area contributed by atoms with Crippen LogP contribution in [0.25, 0.3) is 0 Å². The third-order valence-electron chi connectivity index (χ3n) is 4.86. The van der Waals surface area contributed by atoms with Gasteiger partial charge in [0.15, 0.2) is 5.76 Å². The summed E-state index contributed by atoms with van der Waals surface area (Å²) in [7, 11) is -1.83. The van der Waals surface area contributed by atoms with Gasteiger partial charge in [0.05, 0.1) is 30.5 Å². The van der Waals surface area contributed by atoms with Crippen molar-refractivity contribution in [3.8, 4) is 0 Å². The number of carbonyl (C=O) groups excluding carboxylic acids is 1. The molecule has 0 atom stereocenters. The number of sulfone groups is 1. The standard InChI is InChI=1S/C18H26N4O5S/c1-3-28(24,25)18-19-13-15(22(18)10-12-26-2)14-20-6-8-21(9-7-20)17(23)16-5-4-11-27-16/h4-5,11,13H,3,6-10,12,14H2,1-2H3. The van der Waals surface area contributed by atoms with Crippen LogP contribution in [0.1, 0.15) is 23.2 Å². The zero-order valence-corrected chi connectivity index (χ0v) is 17.0. The number of piperazine rings is 1. The van der Waals surface area contributed by atoms with E-state index in [0.717, 1.165) is 5.69 Å². The summed E-state index contributed by atoms with van der Waals surface area (Å²) in [5, 5.41) is 0.0914. The number of carbonyl (C=O) groups is 1. The molecule has 3 rings (SSSR count). The highest BCUT2D eigenvalue weighted by molar-refractivity contribution is 7.91. The predicted molar refractivity (Wildman–Crippen MR) is 102 cm³/mol. The molecule has 2 aromatic heterocycles. The largest absolute Gasteiger partial charge is 0.459 e. The summed E-state index contributed by atoms with van der Waals surface area (Å²) in [5.74, 6) is 0.246. The topological polar surface area (TPSA) is 97.9 Å². The molecule has 1 amide bonds. The second-order valence-corrected chi connectivity index (χ2v) is 8.80. The van der Waals surface area contributed by atoms with Crippen LogP contribution in [-0.2, 0) is 27.7 Å². The van der Waals surface area contributed by atoms with E-state index in [2.05, 4.69) is 9.88 Å². The van der Waals surface area contributed by atoms with Crippen molar-refractivity contribution in [1.29, 1.82) is 0 Å². The highest BCUT2D eigenvalue weighted by Crippen LogP contribution is 2.17. The number of hydrogen-bond acceptors (Lipinski definition) is 7. The molecular weight excluding hydrogens is 384 g/mol. The monoisotopic (exact) mass is 410 g/mol. The maximum atomic E-state index is 12.4. The van der Waals surface area contributed by atoms with Crippen LogP contribution in [0.2, 0.25) is 0 Å². The molecule has 10 heteroatoms. The summed E-state index contributed by atoms with van der Waals surface area (Å²) in [4.78, 5) is 20.5. The van der Waals surface area contributed by atoms with Crippen molar-refractivity contribution in [3.63, 3.8) is 0 Å². The Hall–Kier alpha value is -2.17. The fourth-order valence-corrected chi connectivity index (χ4v) is 4.23. The van der Waals surface area contributed by atoms with Crippen LogP contribution < -0.4 is 0 Å². The van der Waals surface area contributed by atoms with Gasteiger partial charge in [-0.3, -0.25) is 9.69 Å². The third-order valence-corrected chi connectivity index (χ3v) is 6.50. The van der Waals surface area contributed by atoms with Crippen LogP contribution in [0.3, 0.4) is 0 Å². The first kappa shape index (κ1) is 20.6. The van der Waals surface area contributed by atoms with Crippen molar-refractivity contribution in [1.82, 2.24) is 19.4 Å². The lowest BCUT2D eigenvalue weighted by Crippen LogP contribution is -2.48. The Kier molecular flexibility index (Phi) is 6.53. The predicted octanol–water partition coefficient (Wildman–Crippen LogP) is 0.874. The summed E-state index contributed by atoms with van der Waals surface area (Å²) >= 11 is 0. The van der Waals surface area contributed by atoms with Crippen LogP contribution in [0.15, 0.2) is 34.2 Å². The van der Waals surface area contributed by atoms with Crippen molar-refractivity contribution in [3.05, 3.63) is 36.0 Å². The van der Waals surface area contributed by atoms with Gasteiger partial charge in [-0.1, -0.05) is 6.92 Å². The maximum Gasteiger partial charge on any atom is 0.289 e. The molecule has 9 nitrogen and oxygen atoms in total. The Morgan fingerprint density at radius 3 is 2.64 bits per heavy atom. The minimum absolute atomic E-state index is 0.00397. The van der Waals surface area contributed by atoms with Crippen molar-refractivity contribution in [2.75, 3.05) is 45.6 Å². The lowest BCUT2D eigenvalue weighted by Gasteiger charge is -2.34. The molecule has 0 unspecified atom stereocenters. The number of imidazole rings is 1. The minimum atomic E-state index is -3.41. The number of aromatic nitrogens is 2. The van der Waals surface area contributed by atoms with Crippen LogP contribution in [0.5, 0.6) is 0 Å². The van der Waals surface area contributed by atoms with Gasteiger partial charge in [-0.25, -0.2) is 13.4 Å². The summed E-state index contributed by atoms with van der Waals surface area (Å²) in [6.07, 6.45) is 3.12. The summed E-state index contributed by atoms with van der Waals surface area (Å²) < 4.78 is 36.7. The third kappa shape index (κ3) is 4.45. The molecule has 1 aliphatic rings. The van der Waals surface area contributed by atoms with E-state index in [1.807, 2.05) is 0 Å². The lowest BCUT2D eigenvalue weighted by molar-refractivity contribution is 0.0594. The minimum Gasteiger partial charge on any atom is -0.459 e. The Labute approximate surface area is 164 Å². The second kappa shape index (κ2) is 8.89. The smallest absolute Gasteiger partial charge is 0.289 e. The van der Waals surface area contributed by atoms with Crippen molar-refractivity contribution >= 4 is 15.7 Å². The first-order valence-corrected chi connectivity index (χ1v) is 10.9. The number of amides is 1. The second-order valence-electron chi connectivity index (χ2n) is 6.63. The molecule has 1 aliphatic heterocycles. The van der Waals surface area contributed by atoms with Gasteiger partial charge in [0, 0.05) is 46.4 Å². The number of hydrogen-bond donors (Lipinski definition) is 0. The molecule has 1 saturated heterocycles. The van der Waals surface area contributed by atoms with E-state index >= 15 is 0 Å². The van der Waals surface area contributed by atoms with Crippen LogP contribution in [-0.4, -0.2) is 79.3 Å². The Morgan fingerprint density at radius 1 is 1.29 bits per heavy atom. The SMILES string of the molecule is CCS(=O)(=O)c1ncc(CN2CCN(C(=O)c3ccco3)CC2)n1CCOC. The normalized spacial score (nSPS) is 15.9. The zero-order valence-electron chi connectivity index (χ0n) is 16.2. The molecule has 0 spiro atoms.